The summed E-state index contributed by atoms with van der Waals surface area (Å²) in [4.78, 5) is 10.7. The van der Waals surface area contributed by atoms with Crippen molar-refractivity contribution in [3.8, 4) is 0 Å². The largest absolute Gasteiger partial charge is 0.465 e. The molecule has 0 unspecified atom stereocenters. The van der Waals surface area contributed by atoms with Crippen LogP contribution in [0.2, 0.25) is 0 Å². The van der Waals surface area contributed by atoms with Crippen molar-refractivity contribution < 1.29 is 9.90 Å². The lowest BCUT2D eigenvalue weighted by atomic mass is 9.89. The van der Waals surface area contributed by atoms with Gasteiger partial charge in [0.15, 0.2) is 0 Å². The highest BCUT2D eigenvalue weighted by Crippen LogP contribution is 2.30. The third kappa shape index (κ3) is 2.52. The molecule has 86 valence electrons. The molecule has 0 bridgehead atoms. The molecule has 3 N–H and O–H groups in total. The van der Waals surface area contributed by atoms with Crippen LogP contribution in [0.4, 0.5) is 10.5 Å². The molecule has 1 aliphatic rings. The lowest BCUT2D eigenvalue weighted by Crippen LogP contribution is -2.27. The third-order valence-electron chi connectivity index (χ3n) is 2.98. The van der Waals surface area contributed by atoms with E-state index in [2.05, 4.69) is 10.6 Å². The second kappa shape index (κ2) is 4.99. The predicted octanol–water partition coefficient (Wildman–Crippen LogP) is 2.24. The molecule has 1 amide bonds. The number of amides is 1. The highest BCUT2D eigenvalue weighted by atomic mass is 16.4. The minimum absolute atomic E-state index is 0.462. The summed E-state index contributed by atoms with van der Waals surface area (Å²) in [6.45, 7) is 2.01. The van der Waals surface area contributed by atoms with Crippen LogP contribution in [0.25, 0.3) is 0 Å². The van der Waals surface area contributed by atoms with E-state index in [0.29, 0.717) is 5.92 Å². The van der Waals surface area contributed by atoms with Crippen LogP contribution in [0.3, 0.4) is 0 Å². The van der Waals surface area contributed by atoms with E-state index >= 15 is 0 Å². The quantitative estimate of drug-likeness (QED) is 0.716. The van der Waals surface area contributed by atoms with Gasteiger partial charge in [0.1, 0.15) is 0 Å². The Morgan fingerprint density at radius 1 is 1.31 bits per heavy atom. The van der Waals surface area contributed by atoms with Gasteiger partial charge in [-0.05, 0) is 43.5 Å². The maximum atomic E-state index is 10.7. The molecule has 0 aromatic heterocycles. The lowest BCUT2D eigenvalue weighted by Gasteiger charge is -2.24. The van der Waals surface area contributed by atoms with E-state index in [1.165, 1.54) is 0 Å². The number of carboxylic acid groups (broad SMARTS) is 1. The molecule has 1 fully saturated rings. The Morgan fingerprint density at radius 3 is 2.69 bits per heavy atom. The van der Waals surface area contributed by atoms with Crippen molar-refractivity contribution in [1.82, 2.24) is 5.32 Å². The van der Waals surface area contributed by atoms with E-state index in [1.54, 1.807) is 0 Å². The van der Waals surface area contributed by atoms with Gasteiger partial charge in [-0.2, -0.15) is 0 Å². The first-order valence-corrected chi connectivity index (χ1v) is 5.57. The fourth-order valence-corrected chi connectivity index (χ4v) is 2.21. The molecule has 1 aliphatic heterocycles. The standard InChI is InChI=1S/C12H16N2O2/c15-12(16)14-11-4-2-1-3-10(11)9-5-7-13-8-6-9/h1-4,9,13-14H,5-8H2,(H,15,16). The number of piperidine rings is 1. The molecule has 16 heavy (non-hydrogen) atoms. The molecule has 4 heteroatoms. The summed E-state index contributed by atoms with van der Waals surface area (Å²) in [5, 5.41) is 14.5. The first-order chi connectivity index (χ1) is 7.77. The SMILES string of the molecule is O=C(O)Nc1ccccc1C1CCNCC1. The fraction of sp³-hybridized carbons (Fsp3) is 0.417. The summed E-state index contributed by atoms with van der Waals surface area (Å²) < 4.78 is 0. The number of benzene rings is 1. The Kier molecular flexibility index (Phi) is 3.41. The van der Waals surface area contributed by atoms with E-state index < -0.39 is 6.09 Å². The summed E-state index contributed by atoms with van der Waals surface area (Å²) >= 11 is 0. The molecule has 0 aliphatic carbocycles. The van der Waals surface area contributed by atoms with Crippen molar-refractivity contribution in [3.05, 3.63) is 29.8 Å². The van der Waals surface area contributed by atoms with Gasteiger partial charge >= 0.3 is 6.09 Å². The van der Waals surface area contributed by atoms with E-state index in [9.17, 15) is 4.79 Å². The zero-order chi connectivity index (χ0) is 11.4. The maximum Gasteiger partial charge on any atom is 0.409 e. The molecule has 0 spiro atoms. The van der Waals surface area contributed by atoms with Gasteiger partial charge in [-0.3, -0.25) is 5.32 Å². The highest BCUT2D eigenvalue weighted by Gasteiger charge is 2.18. The van der Waals surface area contributed by atoms with Crippen LogP contribution >= 0.6 is 0 Å². The molecule has 4 nitrogen and oxygen atoms in total. The van der Waals surface area contributed by atoms with E-state index in [0.717, 1.165) is 37.2 Å². The second-order valence-corrected chi connectivity index (χ2v) is 4.04. The maximum absolute atomic E-state index is 10.7. The highest BCUT2D eigenvalue weighted by molar-refractivity contribution is 5.84. The van der Waals surface area contributed by atoms with Crippen LogP contribution in [-0.2, 0) is 0 Å². The van der Waals surface area contributed by atoms with Crippen molar-refractivity contribution in [2.24, 2.45) is 0 Å². The molecule has 0 saturated carbocycles. The molecular weight excluding hydrogens is 204 g/mol. The Labute approximate surface area is 94.7 Å². The molecule has 1 saturated heterocycles. The van der Waals surface area contributed by atoms with Crippen LogP contribution in [0.15, 0.2) is 24.3 Å². The first-order valence-electron chi connectivity index (χ1n) is 5.57. The smallest absolute Gasteiger partial charge is 0.409 e. The Morgan fingerprint density at radius 2 is 2.00 bits per heavy atom. The summed E-state index contributed by atoms with van der Waals surface area (Å²) in [5.74, 6) is 0.462. The van der Waals surface area contributed by atoms with E-state index in [4.69, 9.17) is 5.11 Å². The lowest BCUT2D eigenvalue weighted by molar-refractivity contribution is 0.209. The number of rotatable bonds is 2. The van der Waals surface area contributed by atoms with Gasteiger partial charge in [-0.25, -0.2) is 4.79 Å². The Hall–Kier alpha value is -1.55. The summed E-state index contributed by atoms with van der Waals surface area (Å²) in [5.41, 5.74) is 1.84. The molecular formula is C12H16N2O2. The number of hydrogen-bond donors (Lipinski definition) is 3. The van der Waals surface area contributed by atoms with Gasteiger partial charge in [-0.1, -0.05) is 18.2 Å². The van der Waals surface area contributed by atoms with Crippen LogP contribution < -0.4 is 10.6 Å². The van der Waals surface area contributed by atoms with Gasteiger partial charge in [0.05, 0.1) is 0 Å². The molecule has 1 aromatic carbocycles. The number of carbonyl (C=O) groups is 1. The third-order valence-corrected chi connectivity index (χ3v) is 2.98. The van der Waals surface area contributed by atoms with Crippen molar-refractivity contribution >= 4 is 11.8 Å². The normalized spacial score (nSPS) is 17.0. The van der Waals surface area contributed by atoms with Crippen molar-refractivity contribution in [2.45, 2.75) is 18.8 Å². The van der Waals surface area contributed by atoms with E-state index in [1.807, 2.05) is 24.3 Å². The Balaban J connectivity index is 2.20. The van der Waals surface area contributed by atoms with Crippen LogP contribution in [-0.4, -0.2) is 24.3 Å². The predicted molar refractivity (Wildman–Crippen MR) is 62.9 cm³/mol. The molecule has 1 heterocycles. The average molecular weight is 220 g/mol. The number of nitrogens with one attached hydrogen (secondary N) is 2. The number of hydrogen-bond acceptors (Lipinski definition) is 2. The molecule has 1 aromatic rings. The monoisotopic (exact) mass is 220 g/mol. The van der Waals surface area contributed by atoms with Gasteiger partial charge in [-0.15, -0.1) is 0 Å². The van der Waals surface area contributed by atoms with Crippen LogP contribution in [0.5, 0.6) is 0 Å². The van der Waals surface area contributed by atoms with Crippen molar-refractivity contribution in [2.75, 3.05) is 18.4 Å². The Bertz CT molecular complexity index is 373. The van der Waals surface area contributed by atoms with Crippen molar-refractivity contribution in [3.63, 3.8) is 0 Å². The minimum atomic E-state index is -0.999. The summed E-state index contributed by atoms with van der Waals surface area (Å²) in [6.07, 6.45) is 1.14. The molecule has 0 radical (unpaired) electrons. The molecule has 0 atom stereocenters. The first kappa shape index (κ1) is 11.0. The van der Waals surface area contributed by atoms with Gasteiger partial charge in [0.2, 0.25) is 0 Å². The number of anilines is 1. The van der Waals surface area contributed by atoms with Crippen LogP contribution in [0.1, 0.15) is 24.3 Å². The topological polar surface area (TPSA) is 61.4 Å². The van der Waals surface area contributed by atoms with Gasteiger partial charge in [0, 0.05) is 5.69 Å². The zero-order valence-electron chi connectivity index (χ0n) is 9.07. The molecule has 2 rings (SSSR count). The van der Waals surface area contributed by atoms with Gasteiger partial charge < -0.3 is 10.4 Å². The second-order valence-electron chi connectivity index (χ2n) is 4.04. The van der Waals surface area contributed by atoms with Crippen molar-refractivity contribution in [1.29, 1.82) is 0 Å². The fourth-order valence-electron chi connectivity index (χ4n) is 2.21. The van der Waals surface area contributed by atoms with Crippen LogP contribution in [0, 0.1) is 0 Å². The van der Waals surface area contributed by atoms with Gasteiger partial charge in [0.25, 0.3) is 0 Å². The number of para-hydroxylation sites is 1. The summed E-state index contributed by atoms with van der Waals surface area (Å²) in [7, 11) is 0. The average Bonchev–Trinajstić information content (AvgIpc) is 2.30. The summed E-state index contributed by atoms with van der Waals surface area (Å²) in [6, 6.07) is 7.66. The zero-order valence-corrected chi connectivity index (χ0v) is 9.07. The van der Waals surface area contributed by atoms with E-state index in [-0.39, 0.29) is 0 Å². The minimum Gasteiger partial charge on any atom is -0.465 e.